The molecule has 0 unspecified atom stereocenters. The summed E-state index contributed by atoms with van der Waals surface area (Å²) in [6.45, 7) is 8.39. The van der Waals surface area contributed by atoms with Crippen LogP contribution in [0.2, 0.25) is 0 Å². The van der Waals surface area contributed by atoms with Gasteiger partial charge in [0.05, 0.1) is 0 Å². The molecule has 0 aromatic heterocycles. The van der Waals surface area contributed by atoms with Gasteiger partial charge in [0.2, 0.25) is 0 Å². The lowest BCUT2D eigenvalue weighted by Gasteiger charge is -2.16. The van der Waals surface area contributed by atoms with E-state index in [0.717, 1.165) is 25.1 Å². The number of nitrogens with zero attached hydrogens (tertiary/aromatic N) is 1. The van der Waals surface area contributed by atoms with E-state index in [1.54, 1.807) is 0 Å². The lowest BCUT2D eigenvalue weighted by molar-refractivity contribution is 0.868. The van der Waals surface area contributed by atoms with E-state index in [2.05, 4.69) is 36.6 Å². The van der Waals surface area contributed by atoms with Crippen LogP contribution in [0.5, 0.6) is 0 Å². The minimum Gasteiger partial charge on any atom is -0.371 e. The number of halogens is 1. The molecule has 80 valence electrons. The summed E-state index contributed by atoms with van der Waals surface area (Å²) in [5, 5.41) is 0. The monoisotopic (exact) mass is 221 g/mol. The summed E-state index contributed by atoms with van der Waals surface area (Å²) >= 11 is 5.78. The van der Waals surface area contributed by atoms with E-state index in [1.165, 1.54) is 16.8 Å². The number of anilines is 1. The van der Waals surface area contributed by atoms with Crippen molar-refractivity contribution in [2.45, 2.75) is 13.3 Å². The van der Waals surface area contributed by atoms with Gasteiger partial charge < -0.3 is 4.90 Å². The molecule has 1 heterocycles. The second-order valence-corrected chi connectivity index (χ2v) is 4.18. The first kappa shape index (κ1) is 10.6. The molecule has 0 spiro atoms. The molecule has 0 N–H and O–H groups in total. The highest BCUT2D eigenvalue weighted by Crippen LogP contribution is 2.30. The second kappa shape index (κ2) is 4.28. The van der Waals surface area contributed by atoms with Crippen molar-refractivity contribution in [2.75, 3.05) is 23.9 Å². The van der Waals surface area contributed by atoms with E-state index < -0.39 is 0 Å². The highest BCUT2D eigenvalue weighted by atomic mass is 35.5. The van der Waals surface area contributed by atoms with Crippen LogP contribution < -0.4 is 4.90 Å². The third-order valence-electron chi connectivity index (χ3n) is 3.02. The van der Waals surface area contributed by atoms with E-state index >= 15 is 0 Å². The van der Waals surface area contributed by atoms with Crippen LogP contribution in [0.4, 0.5) is 5.69 Å². The molecule has 0 bridgehead atoms. The van der Waals surface area contributed by atoms with Crippen molar-refractivity contribution in [3.05, 3.63) is 35.9 Å². The normalized spacial score (nSPS) is 14.1. The lowest BCUT2D eigenvalue weighted by atomic mass is 10.0. The summed E-state index contributed by atoms with van der Waals surface area (Å²) in [7, 11) is 0. The molecule has 1 aromatic rings. The van der Waals surface area contributed by atoms with Gasteiger partial charge in [0.1, 0.15) is 0 Å². The van der Waals surface area contributed by atoms with Crippen molar-refractivity contribution in [3.63, 3.8) is 0 Å². The molecule has 1 aliphatic rings. The number of rotatable bonds is 3. The highest BCUT2D eigenvalue weighted by Gasteiger charge is 2.17. The standard InChI is InChI=1S/C13H16ClN/c1-3-15-7-6-12-8-11(10(2)9-14)4-5-13(12)15/h4-5,8H,2-3,6-7,9H2,1H3. The molecule has 0 atom stereocenters. The lowest BCUT2D eigenvalue weighted by Crippen LogP contribution is -2.18. The molecule has 1 aliphatic heterocycles. The van der Waals surface area contributed by atoms with E-state index in [9.17, 15) is 0 Å². The Hall–Kier alpha value is -0.950. The summed E-state index contributed by atoms with van der Waals surface area (Å²) in [4.78, 5) is 2.41. The largest absolute Gasteiger partial charge is 0.371 e. The first-order chi connectivity index (χ1) is 7.26. The summed E-state index contributed by atoms with van der Waals surface area (Å²) in [5.74, 6) is 0.510. The fraction of sp³-hybridized carbons (Fsp3) is 0.385. The third-order valence-corrected chi connectivity index (χ3v) is 3.35. The maximum atomic E-state index is 5.78. The Kier molecular flexibility index (Phi) is 3.01. The first-order valence-electron chi connectivity index (χ1n) is 5.38. The summed E-state index contributed by atoms with van der Waals surface area (Å²) in [5.41, 5.74) is 5.00. The minimum atomic E-state index is 0.510. The number of likely N-dealkylation sites (N-methyl/N-ethyl adjacent to an activating group) is 1. The van der Waals surface area contributed by atoms with Crippen LogP contribution in [0.1, 0.15) is 18.1 Å². The van der Waals surface area contributed by atoms with Gasteiger partial charge in [-0.15, -0.1) is 11.6 Å². The van der Waals surface area contributed by atoms with Gasteiger partial charge in [-0.25, -0.2) is 0 Å². The van der Waals surface area contributed by atoms with Crippen LogP contribution in [0.3, 0.4) is 0 Å². The molecule has 0 saturated heterocycles. The summed E-state index contributed by atoms with van der Waals surface area (Å²) in [6, 6.07) is 6.55. The second-order valence-electron chi connectivity index (χ2n) is 3.91. The van der Waals surface area contributed by atoms with Gasteiger partial charge in [-0.05, 0) is 42.2 Å². The predicted octanol–water partition coefficient (Wildman–Crippen LogP) is 3.32. The van der Waals surface area contributed by atoms with Crippen LogP contribution in [0, 0.1) is 0 Å². The van der Waals surface area contributed by atoms with Crippen LogP contribution >= 0.6 is 11.6 Å². The molecule has 2 heteroatoms. The van der Waals surface area contributed by atoms with Gasteiger partial charge >= 0.3 is 0 Å². The van der Waals surface area contributed by atoms with Crippen molar-refractivity contribution < 1.29 is 0 Å². The SMILES string of the molecule is C=C(CCl)c1ccc2c(c1)CCN2CC. The van der Waals surface area contributed by atoms with Crippen LogP contribution in [-0.2, 0) is 6.42 Å². The van der Waals surface area contributed by atoms with E-state index in [-0.39, 0.29) is 0 Å². The topological polar surface area (TPSA) is 3.24 Å². The predicted molar refractivity (Wildman–Crippen MR) is 67.8 cm³/mol. The Balaban J connectivity index is 2.33. The molecule has 0 aliphatic carbocycles. The van der Waals surface area contributed by atoms with Crippen molar-refractivity contribution in [1.29, 1.82) is 0 Å². The Labute approximate surface area is 96.4 Å². The molecule has 2 rings (SSSR count). The van der Waals surface area contributed by atoms with Crippen LogP contribution in [-0.4, -0.2) is 19.0 Å². The average Bonchev–Trinajstić information content (AvgIpc) is 2.69. The number of benzene rings is 1. The molecule has 1 nitrogen and oxygen atoms in total. The van der Waals surface area contributed by atoms with Gasteiger partial charge in [-0.1, -0.05) is 12.6 Å². The zero-order valence-corrected chi connectivity index (χ0v) is 9.85. The number of hydrogen-bond donors (Lipinski definition) is 0. The van der Waals surface area contributed by atoms with Crippen LogP contribution in [0.25, 0.3) is 5.57 Å². The maximum Gasteiger partial charge on any atom is 0.0474 e. The number of allylic oxidation sites excluding steroid dienone is 1. The molecule has 0 saturated carbocycles. The molecular weight excluding hydrogens is 206 g/mol. The van der Waals surface area contributed by atoms with Gasteiger partial charge in [0.25, 0.3) is 0 Å². The van der Waals surface area contributed by atoms with Crippen molar-refractivity contribution in [2.24, 2.45) is 0 Å². The number of alkyl halides is 1. The van der Waals surface area contributed by atoms with E-state index in [0.29, 0.717) is 5.88 Å². The Bertz CT molecular complexity index is 384. The molecule has 0 fully saturated rings. The minimum absolute atomic E-state index is 0.510. The fourth-order valence-corrected chi connectivity index (χ4v) is 2.25. The maximum absolute atomic E-state index is 5.78. The Morgan fingerprint density at radius 3 is 3.00 bits per heavy atom. The van der Waals surface area contributed by atoms with Gasteiger partial charge in [0.15, 0.2) is 0 Å². The van der Waals surface area contributed by atoms with E-state index in [4.69, 9.17) is 11.6 Å². The summed E-state index contributed by atoms with van der Waals surface area (Å²) in [6.07, 6.45) is 1.15. The Morgan fingerprint density at radius 1 is 1.53 bits per heavy atom. The third kappa shape index (κ3) is 1.89. The van der Waals surface area contributed by atoms with Gasteiger partial charge in [-0.3, -0.25) is 0 Å². The van der Waals surface area contributed by atoms with Gasteiger partial charge in [-0.2, -0.15) is 0 Å². The van der Waals surface area contributed by atoms with Crippen LogP contribution in [0.15, 0.2) is 24.8 Å². The van der Waals surface area contributed by atoms with Crippen molar-refractivity contribution >= 4 is 22.9 Å². The van der Waals surface area contributed by atoms with Crippen molar-refractivity contribution in [3.8, 4) is 0 Å². The van der Waals surface area contributed by atoms with Crippen molar-refractivity contribution in [1.82, 2.24) is 0 Å². The molecule has 1 aromatic carbocycles. The quantitative estimate of drug-likeness (QED) is 0.708. The molecule has 0 radical (unpaired) electrons. The smallest absolute Gasteiger partial charge is 0.0474 e. The first-order valence-corrected chi connectivity index (χ1v) is 5.91. The Morgan fingerprint density at radius 2 is 2.33 bits per heavy atom. The highest BCUT2D eigenvalue weighted by molar-refractivity contribution is 6.23. The van der Waals surface area contributed by atoms with E-state index in [1.807, 2.05) is 0 Å². The van der Waals surface area contributed by atoms with Gasteiger partial charge in [0, 0.05) is 24.7 Å². The molecule has 0 amide bonds. The number of fused-ring (bicyclic) bond motifs is 1. The zero-order chi connectivity index (χ0) is 10.8. The average molecular weight is 222 g/mol. The fourth-order valence-electron chi connectivity index (χ4n) is 2.10. The summed E-state index contributed by atoms with van der Waals surface area (Å²) < 4.78 is 0. The molecular formula is C13H16ClN. The zero-order valence-electron chi connectivity index (χ0n) is 9.09. The molecule has 15 heavy (non-hydrogen) atoms. The number of hydrogen-bond acceptors (Lipinski definition) is 1.